The van der Waals surface area contributed by atoms with Gasteiger partial charge in [-0.25, -0.2) is 9.78 Å². The number of imide groups is 1. The quantitative estimate of drug-likeness (QED) is 0.312. The van der Waals surface area contributed by atoms with Gasteiger partial charge in [-0.15, -0.1) is 11.3 Å². The molecule has 5 amide bonds. The molecule has 2 aromatic carbocycles. The number of fused-ring (bicyclic) bond motifs is 2. The van der Waals surface area contributed by atoms with Crippen LogP contribution >= 0.6 is 22.9 Å². The van der Waals surface area contributed by atoms with E-state index in [0.717, 1.165) is 59.3 Å². The number of nitrogens with one attached hydrogen (secondary N) is 3. The number of piperidine rings is 1. The molecule has 2 saturated carbocycles. The molecule has 2 atom stereocenters. The van der Waals surface area contributed by atoms with Gasteiger partial charge in [0.2, 0.25) is 11.8 Å². The number of ether oxygens (including phenoxy) is 1. The van der Waals surface area contributed by atoms with Crippen LogP contribution in [0.15, 0.2) is 30.3 Å². The van der Waals surface area contributed by atoms with Gasteiger partial charge in [0.1, 0.15) is 22.3 Å². The fraction of sp³-hybridized carbons (Fsp3) is 0.433. The molecule has 10 nitrogen and oxygen atoms in total. The van der Waals surface area contributed by atoms with Gasteiger partial charge in [-0.05, 0) is 80.7 Å². The molecule has 3 aromatic rings. The molecular formula is C30H30ClN5O5S. The van der Waals surface area contributed by atoms with E-state index in [2.05, 4.69) is 16.0 Å². The van der Waals surface area contributed by atoms with Crippen LogP contribution in [0.2, 0.25) is 5.02 Å². The average Bonchev–Trinajstić information content (AvgIpc) is 3.33. The number of benzene rings is 2. The largest absolute Gasteiger partial charge is 0.488 e. The van der Waals surface area contributed by atoms with Gasteiger partial charge in [-0.3, -0.25) is 19.7 Å². The van der Waals surface area contributed by atoms with Gasteiger partial charge in [0.25, 0.3) is 5.91 Å². The molecule has 2 unspecified atom stereocenters. The van der Waals surface area contributed by atoms with E-state index in [1.54, 1.807) is 18.2 Å². The maximum atomic E-state index is 13.2. The van der Waals surface area contributed by atoms with Gasteiger partial charge < -0.3 is 20.3 Å². The van der Waals surface area contributed by atoms with Crippen molar-refractivity contribution in [2.75, 3.05) is 5.32 Å². The van der Waals surface area contributed by atoms with Crippen molar-refractivity contribution in [3.8, 4) is 5.75 Å². The van der Waals surface area contributed by atoms with Crippen molar-refractivity contribution >= 4 is 62.6 Å². The smallest absolute Gasteiger partial charge is 0.319 e. The molecule has 12 heteroatoms. The van der Waals surface area contributed by atoms with Crippen molar-refractivity contribution in [1.29, 1.82) is 0 Å². The minimum absolute atomic E-state index is 0.179. The fourth-order valence-corrected chi connectivity index (χ4v) is 7.61. The lowest BCUT2D eigenvalue weighted by atomic mass is 10.0. The van der Waals surface area contributed by atoms with E-state index in [0.29, 0.717) is 34.4 Å². The van der Waals surface area contributed by atoms with Gasteiger partial charge in [0, 0.05) is 35.3 Å². The normalized spacial score (nSPS) is 21.4. The summed E-state index contributed by atoms with van der Waals surface area (Å²) in [5, 5.41) is 9.76. The van der Waals surface area contributed by atoms with Crippen LogP contribution in [0, 0.1) is 5.92 Å². The number of aromatic nitrogens is 1. The molecule has 0 radical (unpaired) electrons. The number of hydrogen-bond donors (Lipinski definition) is 3. The number of hydrogen-bond acceptors (Lipinski definition) is 7. The molecule has 2 aliphatic carbocycles. The molecule has 0 bridgehead atoms. The number of halogens is 1. The van der Waals surface area contributed by atoms with Crippen LogP contribution in [0.4, 0.5) is 10.5 Å². The van der Waals surface area contributed by atoms with Gasteiger partial charge in [0.15, 0.2) is 0 Å². The monoisotopic (exact) mass is 607 g/mol. The van der Waals surface area contributed by atoms with Crippen molar-refractivity contribution in [2.24, 2.45) is 5.92 Å². The molecule has 7 rings (SSSR count). The zero-order valence-corrected chi connectivity index (χ0v) is 24.4. The fourth-order valence-electron chi connectivity index (χ4n) is 6.16. The Balaban J connectivity index is 1.06. The number of urea groups is 1. The minimum Gasteiger partial charge on any atom is -0.488 e. The number of rotatable bonds is 7. The van der Waals surface area contributed by atoms with Gasteiger partial charge in [0.05, 0.1) is 16.8 Å². The van der Waals surface area contributed by atoms with E-state index in [1.807, 2.05) is 12.1 Å². The van der Waals surface area contributed by atoms with E-state index >= 15 is 0 Å². The van der Waals surface area contributed by atoms with E-state index in [1.165, 1.54) is 16.2 Å². The molecule has 2 aliphatic heterocycles. The maximum Gasteiger partial charge on any atom is 0.319 e. The van der Waals surface area contributed by atoms with Crippen LogP contribution in [0.3, 0.4) is 0 Å². The van der Waals surface area contributed by atoms with Gasteiger partial charge in [-0.1, -0.05) is 11.6 Å². The van der Waals surface area contributed by atoms with Crippen LogP contribution in [0.5, 0.6) is 5.75 Å². The van der Waals surface area contributed by atoms with Crippen LogP contribution in [-0.2, 0) is 16.1 Å². The van der Waals surface area contributed by atoms with Crippen molar-refractivity contribution in [3.05, 3.63) is 51.5 Å². The second-order valence-electron chi connectivity index (χ2n) is 11.5. The summed E-state index contributed by atoms with van der Waals surface area (Å²) in [4.78, 5) is 56.5. The molecule has 42 heavy (non-hydrogen) atoms. The lowest BCUT2D eigenvalue weighted by molar-refractivity contribution is -0.136. The molecule has 218 valence electrons. The molecule has 3 heterocycles. The molecule has 3 N–H and O–H groups in total. The third-order valence-corrected chi connectivity index (χ3v) is 9.77. The first kappa shape index (κ1) is 27.2. The highest BCUT2D eigenvalue weighted by Crippen LogP contribution is 2.45. The van der Waals surface area contributed by atoms with Crippen LogP contribution in [-0.4, -0.2) is 45.8 Å². The topological polar surface area (TPSA) is 130 Å². The van der Waals surface area contributed by atoms with Crippen molar-refractivity contribution in [2.45, 2.75) is 76.1 Å². The summed E-state index contributed by atoms with van der Waals surface area (Å²) >= 11 is 7.95. The first-order valence-corrected chi connectivity index (χ1v) is 15.6. The number of carbonyl (C=O) groups is 4. The SMILES string of the molecule is O=C1CCC(N2Cc3cc(NC(=O)NC(c4nc5c(OC6CCCC6)cc(Cl)cc5s4)C4CC4)ccc3C2=O)C(=O)N1. The van der Waals surface area contributed by atoms with Crippen molar-refractivity contribution in [1.82, 2.24) is 20.5 Å². The number of thiazole rings is 1. The Bertz CT molecular complexity index is 1610. The third kappa shape index (κ3) is 5.31. The van der Waals surface area contributed by atoms with Gasteiger partial charge in [-0.2, -0.15) is 0 Å². The Morgan fingerprint density at radius 3 is 2.67 bits per heavy atom. The molecule has 3 fully saturated rings. The minimum atomic E-state index is -0.686. The molecule has 1 saturated heterocycles. The zero-order valence-electron chi connectivity index (χ0n) is 22.8. The maximum absolute atomic E-state index is 13.2. The number of amides is 5. The van der Waals surface area contributed by atoms with Gasteiger partial charge >= 0.3 is 6.03 Å². The first-order valence-electron chi connectivity index (χ1n) is 14.4. The van der Waals surface area contributed by atoms with E-state index < -0.39 is 11.9 Å². The molecule has 0 spiro atoms. The summed E-state index contributed by atoms with van der Waals surface area (Å²) in [5.41, 5.74) is 2.54. The molecule has 1 aromatic heterocycles. The Kier molecular flexibility index (Phi) is 7.02. The standard InChI is InChI=1S/C30H30ClN5O5S/c31-17-12-22(41-19-3-1-2-4-19)26-23(13-17)42-28(34-26)25(15-5-6-15)35-30(40)32-18-7-8-20-16(11-18)14-36(29(20)39)21-9-10-24(37)33-27(21)38/h7-8,11-13,15,19,21,25H,1-6,9-10,14H2,(H2,32,35,40)(H,33,37,38). The second kappa shape index (κ2) is 10.9. The lowest BCUT2D eigenvalue weighted by Crippen LogP contribution is -2.52. The molecule has 4 aliphatic rings. The van der Waals surface area contributed by atoms with Crippen LogP contribution in [0.25, 0.3) is 10.2 Å². The predicted molar refractivity (Wildman–Crippen MR) is 158 cm³/mol. The molecular weight excluding hydrogens is 578 g/mol. The highest BCUT2D eigenvalue weighted by Gasteiger charge is 2.39. The lowest BCUT2D eigenvalue weighted by Gasteiger charge is -2.29. The van der Waals surface area contributed by atoms with Crippen LogP contribution in [0.1, 0.15) is 78.3 Å². The summed E-state index contributed by atoms with van der Waals surface area (Å²) < 4.78 is 7.23. The first-order chi connectivity index (χ1) is 20.3. The van der Waals surface area contributed by atoms with Crippen LogP contribution < -0.4 is 20.7 Å². The van der Waals surface area contributed by atoms with E-state index in [-0.39, 0.29) is 43.0 Å². The summed E-state index contributed by atoms with van der Waals surface area (Å²) in [6.07, 6.45) is 7.07. The number of nitrogens with zero attached hydrogens (tertiary/aromatic N) is 2. The average molecular weight is 608 g/mol. The second-order valence-corrected chi connectivity index (χ2v) is 13.0. The summed E-state index contributed by atoms with van der Waals surface area (Å²) in [6.45, 7) is 0.238. The predicted octanol–water partition coefficient (Wildman–Crippen LogP) is 5.30. The Morgan fingerprint density at radius 1 is 1.10 bits per heavy atom. The van der Waals surface area contributed by atoms with Crippen molar-refractivity contribution in [3.63, 3.8) is 0 Å². The Labute approximate surface area is 251 Å². The van der Waals surface area contributed by atoms with Crippen molar-refractivity contribution < 1.29 is 23.9 Å². The summed E-state index contributed by atoms with van der Waals surface area (Å²) in [7, 11) is 0. The Hall–Kier alpha value is -3.70. The van der Waals surface area contributed by atoms with E-state index in [4.69, 9.17) is 21.3 Å². The number of anilines is 1. The summed E-state index contributed by atoms with van der Waals surface area (Å²) in [6, 6.07) is 7.54. The summed E-state index contributed by atoms with van der Waals surface area (Å²) in [5.74, 6) is -0.0346. The highest BCUT2D eigenvalue weighted by molar-refractivity contribution is 7.18. The Morgan fingerprint density at radius 2 is 1.90 bits per heavy atom. The third-order valence-electron chi connectivity index (χ3n) is 8.46. The zero-order chi connectivity index (χ0) is 29.0. The number of carbonyl (C=O) groups excluding carboxylic acids is 4. The highest BCUT2D eigenvalue weighted by atomic mass is 35.5. The van der Waals surface area contributed by atoms with E-state index in [9.17, 15) is 19.2 Å².